The van der Waals surface area contributed by atoms with Crippen molar-refractivity contribution < 1.29 is 5.11 Å². The molecule has 5 heteroatoms. The molecule has 23 heavy (non-hydrogen) atoms. The highest BCUT2D eigenvalue weighted by molar-refractivity contribution is 5.97. The first-order valence-corrected chi connectivity index (χ1v) is 7.53. The lowest BCUT2D eigenvalue weighted by Crippen LogP contribution is -1.85. The van der Waals surface area contributed by atoms with E-state index in [0.29, 0.717) is 5.69 Å². The fourth-order valence-electron chi connectivity index (χ4n) is 2.95. The minimum atomic E-state index is 0.262. The quantitative estimate of drug-likeness (QED) is 0.395. The van der Waals surface area contributed by atoms with Crippen LogP contribution in [0, 0.1) is 0 Å². The molecule has 0 saturated carbocycles. The van der Waals surface area contributed by atoms with Crippen LogP contribution in [0.25, 0.3) is 33.2 Å². The Balaban J connectivity index is 1.89. The molecule has 0 spiro atoms. The summed E-state index contributed by atoms with van der Waals surface area (Å²) in [7, 11) is 3.76. The van der Waals surface area contributed by atoms with Crippen LogP contribution in [0.4, 0.5) is 11.4 Å². The predicted octanol–water partition coefficient (Wildman–Crippen LogP) is 4.11. The molecular formula is C18H18N4O. The summed E-state index contributed by atoms with van der Waals surface area (Å²) in [6.07, 6.45) is 0. The molecule has 0 aliphatic carbocycles. The Hall–Kier alpha value is -3.08. The van der Waals surface area contributed by atoms with Crippen LogP contribution in [-0.4, -0.2) is 29.2 Å². The maximum Gasteiger partial charge on any atom is 0.150 e. The Bertz CT molecular complexity index is 1010. The van der Waals surface area contributed by atoms with E-state index in [9.17, 15) is 5.11 Å². The van der Waals surface area contributed by atoms with Crippen molar-refractivity contribution in [1.82, 2.24) is 9.97 Å². The Morgan fingerprint density at radius 2 is 1.52 bits per heavy atom. The molecule has 116 valence electrons. The number of rotatable bonds is 3. The summed E-state index contributed by atoms with van der Waals surface area (Å²) in [5.41, 5.74) is 5.54. The number of hydrogen-bond acceptors (Lipinski definition) is 3. The number of H-pyrrole nitrogens is 2. The molecule has 0 fully saturated rings. The van der Waals surface area contributed by atoms with Gasteiger partial charge in [0.05, 0.1) is 5.69 Å². The predicted molar refractivity (Wildman–Crippen MR) is 96.3 cm³/mol. The number of aromatic amines is 2. The first-order valence-electron chi connectivity index (χ1n) is 7.53. The first kappa shape index (κ1) is 13.6. The normalized spacial score (nSPS) is 11.2. The highest BCUT2D eigenvalue weighted by Crippen LogP contribution is 2.38. The van der Waals surface area contributed by atoms with Crippen molar-refractivity contribution in [2.24, 2.45) is 0 Å². The standard InChI is InChI=1S/C18H18N4O/c1-19-11-3-5-14-10(7-11)8-16(21-14)17-18(23)13-9-12(20-2)4-6-15(13)22-17/h3-9,19-23H,1-2H3. The topological polar surface area (TPSA) is 75.9 Å². The van der Waals surface area contributed by atoms with Gasteiger partial charge in [0.1, 0.15) is 5.69 Å². The van der Waals surface area contributed by atoms with E-state index in [1.165, 1.54) is 0 Å². The van der Waals surface area contributed by atoms with Gasteiger partial charge < -0.3 is 25.7 Å². The number of fused-ring (bicyclic) bond motifs is 2. The average Bonchev–Trinajstić information content (AvgIpc) is 3.14. The van der Waals surface area contributed by atoms with E-state index in [1.807, 2.05) is 50.5 Å². The Morgan fingerprint density at radius 3 is 2.26 bits per heavy atom. The van der Waals surface area contributed by atoms with Crippen molar-refractivity contribution >= 4 is 33.2 Å². The number of hydrogen-bond donors (Lipinski definition) is 5. The molecule has 0 aliphatic heterocycles. The molecule has 2 aromatic heterocycles. The smallest absolute Gasteiger partial charge is 0.150 e. The van der Waals surface area contributed by atoms with Crippen molar-refractivity contribution in [1.29, 1.82) is 0 Å². The van der Waals surface area contributed by atoms with Gasteiger partial charge in [-0.25, -0.2) is 0 Å². The van der Waals surface area contributed by atoms with Gasteiger partial charge in [-0.15, -0.1) is 0 Å². The molecule has 0 unspecified atom stereocenters. The molecule has 0 aliphatic rings. The summed E-state index contributed by atoms with van der Waals surface area (Å²) >= 11 is 0. The third-order valence-electron chi connectivity index (χ3n) is 4.24. The van der Waals surface area contributed by atoms with Gasteiger partial charge in [-0.05, 0) is 42.5 Å². The van der Waals surface area contributed by atoms with Gasteiger partial charge in [0.2, 0.25) is 0 Å². The maximum absolute atomic E-state index is 10.6. The summed E-state index contributed by atoms with van der Waals surface area (Å²) in [6.45, 7) is 0. The summed E-state index contributed by atoms with van der Waals surface area (Å²) in [4.78, 5) is 6.66. The van der Waals surface area contributed by atoms with E-state index < -0.39 is 0 Å². The number of aromatic hydroxyl groups is 1. The van der Waals surface area contributed by atoms with Gasteiger partial charge in [0, 0.05) is 47.3 Å². The summed E-state index contributed by atoms with van der Waals surface area (Å²) in [6, 6.07) is 14.1. The lowest BCUT2D eigenvalue weighted by atomic mass is 10.2. The molecule has 2 heterocycles. The zero-order chi connectivity index (χ0) is 16.0. The zero-order valence-corrected chi connectivity index (χ0v) is 13.0. The van der Waals surface area contributed by atoms with E-state index >= 15 is 0 Å². The summed E-state index contributed by atoms with van der Waals surface area (Å²) in [5.74, 6) is 0.262. The molecular weight excluding hydrogens is 288 g/mol. The maximum atomic E-state index is 10.6. The molecule has 5 N–H and O–H groups in total. The summed E-state index contributed by atoms with van der Waals surface area (Å²) < 4.78 is 0. The lowest BCUT2D eigenvalue weighted by Gasteiger charge is -1.98. The Morgan fingerprint density at radius 1 is 0.826 bits per heavy atom. The fourth-order valence-corrected chi connectivity index (χ4v) is 2.95. The third-order valence-corrected chi connectivity index (χ3v) is 4.24. The van der Waals surface area contributed by atoms with E-state index in [2.05, 4.69) is 26.7 Å². The van der Waals surface area contributed by atoms with Crippen molar-refractivity contribution in [3.05, 3.63) is 42.5 Å². The molecule has 4 aromatic rings. The van der Waals surface area contributed by atoms with Crippen LogP contribution in [0.2, 0.25) is 0 Å². The van der Waals surface area contributed by atoms with Gasteiger partial charge >= 0.3 is 0 Å². The van der Waals surface area contributed by atoms with Gasteiger partial charge in [0.15, 0.2) is 5.75 Å². The fraction of sp³-hybridized carbons (Fsp3) is 0.111. The zero-order valence-electron chi connectivity index (χ0n) is 13.0. The molecule has 0 bridgehead atoms. The third kappa shape index (κ3) is 2.09. The van der Waals surface area contributed by atoms with Crippen LogP contribution in [0.5, 0.6) is 5.75 Å². The van der Waals surface area contributed by atoms with Crippen LogP contribution < -0.4 is 10.6 Å². The van der Waals surface area contributed by atoms with Crippen LogP contribution in [0.3, 0.4) is 0 Å². The minimum Gasteiger partial charge on any atom is -0.505 e. The van der Waals surface area contributed by atoms with Crippen LogP contribution in [0.1, 0.15) is 0 Å². The van der Waals surface area contributed by atoms with Crippen molar-refractivity contribution in [2.45, 2.75) is 0 Å². The monoisotopic (exact) mass is 306 g/mol. The van der Waals surface area contributed by atoms with Crippen molar-refractivity contribution in [3.8, 4) is 17.1 Å². The van der Waals surface area contributed by atoms with Gasteiger partial charge in [0.25, 0.3) is 0 Å². The van der Waals surface area contributed by atoms with E-state index in [0.717, 1.165) is 38.9 Å². The van der Waals surface area contributed by atoms with Crippen molar-refractivity contribution in [3.63, 3.8) is 0 Å². The second kappa shape index (κ2) is 4.98. The number of aromatic nitrogens is 2. The molecule has 0 saturated heterocycles. The molecule has 0 radical (unpaired) electrons. The minimum absolute atomic E-state index is 0.262. The Kier molecular flexibility index (Phi) is 2.94. The van der Waals surface area contributed by atoms with Crippen molar-refractivity contribution in [2.75, 3.05) is 24.7 Å². The highest BCUT2D eigenvalue weighted by atomic mass is 16.3. The second-order valence-corrected chi connectivity index (χ2v) is 5.59. The molecule has 2 aromatic carbocycles. The van der Waals surface area contributed by atoms with Gasteiger partial charge in [-0.3, -0.25) is 0 Å². The van der Waals surface area contributed by atoms with E-state index in [1.54, 1.807) is 0 Å². The van der Waals surface area contributed by atoms with Crippen LogP contribution >= 0.6 is 0 Å². The van der Waals surface area contributed by atoms with Gasteiger partial charge in [-0.2, -0.15) is 0 Å². The lowest BCUT2D eigenvalue weighted by molar-refractivity contribution is 0.483. The largest absolute Gasteiger partial charge is 0.505 e. The van der Waals surface area contributed by atoms with Crippen LogP contribution in [-0.2, 0) is 0 Å². The molecule has 0 amide bonds. The van der Waals surface area contributed by atoms with Gasteiger partial charge in [-0.1, -0.05) is 0 Å². The molecule has 5 nitrogen and oxygen atoms in total. The summed E-state index contributed by atoms with van der Waals surface area (Å²) in [5, 5.41) is 18.7. The Labute approximate surface area is 133 Å². The average molecular weight is 306 g/mol. The second-order valence-electron chi connectivity index (χ2n) is 5.59. The first-order chi connectivity index (χ1) is 11.2. The van der Waals surface area contributed by atoms with Crippen LogP contribution in [0.15, 0.2) is 42.5 Å². The number of benzene rings is 2. The SMILES string of the molecule is CNc1ccc2[nH]c(-c3[nH]c4ccc(NC)cc4c3O)cc2c1. The number of nitrogens with one attached hydrogen (secondary N) is 4. The van der Waals surface area contributed by atoms with E-state index in [4.69, 9.17) is 0 Å². The molecule has 4 rings (SSSR count). The van der Waals surface area contributed by atoms with E-state index in [-0.39, 0.29) is 5.75 Å². The number of anilines is 2. The molecule has 0 atom stereocenters. The highest BCUT2D eigenvalue weighted by Gasteiger charge is 2.14.